The van der Waals surface area contributed by atoms with Gasteiger partial charge >= 0.3 is 0 Å². The van der Waals surface area contributed by atoms with Crippen molar-refractivity contribution in [1.82, 2.24) is 20.0 Å². The smallest absolute Gasteiger partial charge is 0.285 e. The van der Waals surface area contributed by atoms with E-state index < -0.39 is 0 Å². The van der Waals surface area contributed by atoms with Crippen LogP contribution >= 0.6 is 35.6 Å². The van der Waals surface area contributed by atoms with Crippen LogP contribution in [0.15, 0.2) is 48.7 Å². The Labute approximate surface area is 209 Å². The second kappa shape index (κ2) is 9.94. The molecule has 0 radical (unpaired) electrons. The Morgan fingerprint density at radius 2 is 1.79 bits per heavy atom. The predicted molar refractivity (Wildman–Crippen MR) is 133 cm³/mol. The number of hydrogen-bond acceptors (Lipinski definition) is 4. The molecule has 2 fully saturated rings. The van der Waals surface area contributed by atoms with Crippen molar-refractivity contribution in [3.8, 4) is 22.8 Å². The molecule has 2 atom stereocenters. The predicted octanol–water partition coefficient (Wildman–Crippen LogP) is 5.65. The zero-order valence-electron chi connectivity index (χ0n) is 18.1. The number of amides is 1. The molecule has 2 unspecified atom stereocenters. The molecule has 33 heavy (non-hydrogen) atoms. The number of methoxy groups -OCH3 is 1. The number of ether oxygens (including phenoxy) is 1. The van der Waals surface area contributed by atoms with E-state index in [0.29, 0.717) is 39.0 Å². The first kappa shape index (κ1) is 23.9. The minimum atomic E-state index is -0.219. The van der Waals surface area contributed by atoms with Gasteiger partial charge in [0, 0.05) is 35.6 Å². The molecule has 3 aromatic rings. The average molecular weight is 508 g/mol. The third-order valence-electron chi connectivity index (χ3n) is 6.45. The van der Waals surface area contributed by atoms with Crippen molar-refractivity contribution in [3.05, 3.63) is 64.4 Å². The Bertz CT molecular complexity index is 1140. The molecule has 1 N–H and O–H groups in total. The SMILES string of the molecule is COc1ccc(-n2cc(C(=O)NN3CC4CCCC4C3)nc2-c2ccc(Cl)cc2Cl)cc1.Cl. The Hall–Kier alpha value is -2.25. The van der Waals surface area contributed by atoms with E-state index in [-0.39, 0.29) is 18.3 Å². The standard InChI is InChI=1S/C24H24Cl2N4O2.ClH/c1-32-19-8-6-18(7-9-19)30-14-22(27-23(30)20-10-5-17(25)11-21(20)26)24(31)28-29-12-15-3-2-4-16(15)13-29;/h5-11,14-16H,2-4,12-13H2,1H3,(H,28,31);1H. The summed E-state index contributed by atoms with van der Waals surface area (Å²) in [5.74, 6) is 2.48. The van der Waals surface area contributed by atoms with E-state index in [9.17, 15) is 4.79 Å². The molecule has 5 rings (SSSR count). The van der Waals surface area contributed by atoms with Crippen LogP contribution in [-0.2, 0) is 0 Å². The molecule has 2 aliphatic rings. The molecule has 1 aliphatic heterocycles. The topological polar surface area (TPSA) is 59.4 Å². The van der Waals surface area contributed by atoms with E-state index >= 15 is 0 Å². The summed E-state index contributed by atoms with van der Waals surface area (Å²) in [4.78, 5) is 17.8. The Morgan fingerprint density at radius 3 is 2.42 bits per heavy atom. The van der Waals surface area contributed by atoms with Gasteiger partial charge in [0.2, 0.25) is 0 Å². The molecule has 1 saturated heterocycles. The summed E-state index contributed by atoms with van der Waals surface area (Å²) in [6.45, 7) is 1.82. The number of fused-ring (bicyclic) bond motifs is 1. The lowest BCUT2D eigenvalue weighted by Crippen LogP contribution is -2.41. The molecule has 1 saturated carbocycles. The quantitative estimate of drug-likeness (QED) is 0.484. The maximum Gasteiger partial charge on any atom is 0.285 e. The maximum absolute atomic E-state index is 13.1. The van der Waals surface area contributed by atoms with Gasteiger partial charge in [-0.2, -0.15) is 0 Å². The fraction of sp³-hybridized carbons (Fsp3) is 0.333. The van der Waals surface area contributed by atoms with Crippen molar-refractivity contribution in [2.45, 2.75) is 19.3 Å². The molecule has 2 heterocycles. The summed E-state index contributed by atoms with van der Waals surface area (Å²) < 4.78 is 7.13. The highest BCUT2D eigenvalue weighted by atomic mass is 35.5. The second-order valence-electron chi connectivity index (χ2n) is 8.44. The number of aromatic nitrogens is 2. The third-order valence-corrected chi connectivity index (χ3v) is 6.99. The van der Waals surface area contributed by atoms with Gasteiger partial charge in [-0.05, 0) is 67.1 Å². The summed E-state index contributed by atoms with van der Waals surface area (Å²) in [7, 11) is 1.63. The van der Waals surface area contributed by atoms with Gasteiger partial charge in [-0.15, -0.1) is 12.4 Å². The summed E-state index contributed by atoms with van der Waals surface area (Å²) in [6.07, 6.45) is 5.55. The first-order valence-corrected chi connectivity index (χ1v) is 11.5. The zero-order chi connectivity index (χ0) is 22.2. The first-order valence-electron chi connectivity index (χ1n) is 10.8. The molecule has 6 nitrogen and oxygen atoms in total. The van der Waals surface area contributed by atoms with Gasteiger partial charge in [-0.25, -0.2) is 9.99 Å². The number of carbonyl (C=O) groups is 1. The number of imidazole rings is 1. The Balaban J connectivity index is 0.00000259. The molecular formula is C24H25Cl3N4O2. The van der Waals surface area contributed by atoms with Crippen LogP contribution < -0.4 is 10.2 Å². The van der Waals surface area contributed by atoms with Crippen LogP contribution in [-0.4, -0.2) is 40.7 Å². The number of nitrogens with zero attached hydrogens (tertiary/aromatic N) is 3. The zero-order valence-corrected chi connectivity index (χ0v) is 20.5. The number of rotatable bonds is 5. The van der Waals surface area contributed by atoms with Crippen LogP contribution in [0.25, 0.3) is 17.1 Å². The minimum Gasteiger partial charge on any atom is -0.497 e. The second-order valence-corrected chi connectivity index (χ2v) is 9.28. The van der Waals surface area contributed by atoms with Gasteiger partial charge in [-0.3, -0.25) is 14.8 Å². The number of benzene rings is 2. The summed E-state index contributed by atoms with van der Waals surface area (Å²) in [5.41, 5.74) is 4.92. The fourth-order valence-corrected chi connectivity index (χ4v) is 5.31. The molecule has 1 amide bonds. The van der Waals surface area contributed by atoms with Crippen LogP contribution in [0.3, 0.4) is 0 Å². The fourth-order valence-electron chi connectivity index (χ4n) is 4.82. The van der Waals surface area contributed by atoms with Crippen molar-refractivity contribution in [2.24, 2.45) is 11.8 Å². The number of hydrogen-bond donors (Lipinski definition) is 1. The molecule has 0 bridgehead atoms. The molecule has 9 heteroatoms. The van der Waals surface area contributed by atoms with Crippen LogP contribution in [0, 0.1) is 11.8 Å². The lowest BCUT2D eigenvalue weighted by atomic mass is 10.0. The normalized spacial score (nSPS) is 19.7. The molecule has 0 spiro atoms. The summed E-state index contributed by atoms with van der Waals surface area (Å²) >= 11 is 12.6. The highest BCUT2D eigenvalue weighted by Gasteiger charge is 2.37. The number of nitrogens with one attached hydrogen (secondary N) is 1. The monoisotopic (exact) mass is 506 g/mol. The maximum atomic E-state index is 13.1. The Morgan fingerprint density at radius 1 is 1.09 bits per heavy atom. The highest BCUT2D eigenvalue weighted by molar-refractivity contribution is 6.36. The van der Waals surface area contributed by atoms with Gasteiger partial charge < -0.3 is 4.74 Å². The van der Waals surface area contributed by atoms with Gasteiger partial charge in [0.05, 0.1) is 12.1 Å². The third kappa shape index (κ3) is 4.85. The first-order chi connectivity index (χ1) is 15.5. The van der Waals surface area contributed by atoms with Gasteiger partial charge in [0.15, 0.2) is 0 Å². The van der Waals surface area contributed by atoms with Crippen LogP contribution in [0.1, 0.15) is 29.8 Å². The minimum absolute atomic E-state index is 0. The molecule has 2 aromatic carbocycles. The molecule has 1 aromatic heterocycles. The number of carbonyl (C=O) groups excluding carboxylic acids is 1. The van der Waals surface area contributed by atoms with E-state index in [2.05, 4.69) is 10.4 Å². The number of halogens is 3. The summed E-state index contributed by atoms with van der Waals surface area (Å²) in [6, 6.07) is 12.8. The molecule has 1 aliphatic carbocycles. The van der Waals surface area contributed by atoms with E-state index in [1.807, 2.05) is 39.9 Å². The lowest BCUT2D eigenvalue weighted by Gasteiger charge is -2.17. The highest BCUT2D eigenvalue weighted by Crippen LogP contribution is 2.37. The van der Waals surface area contributed by atoms with Crippen molar-refractivity contribution in [2.75, 3.05) is 20.2 Å². The van der Waals surface area contributed by atoms with Crippen molar-refractivity contribution in [1.29, 1.82) is 0 Å². The van der Waals surface area contributed by atoms with Crippen LogP contribution in [0.5, 0.6) is 5.75 Å². The van der Waals surface area contributed by atoms with Crippen molar-refractivity contribution < 1.29 is 9.53 Å². The van der Waals surface area contributed by atoms with Gasteiger partial charge in [0.25, 0.3) is 5.91 Å². The van der Waals surface area contributed by atoms with E-state index in [0.717, 1.165) is 24.5 Å². The summed E-state index contributed by atoms with van der Waals surface area (Å²) in [5, 5.41) is 3.05. The molecular weight excluding hydrogens is 483 g/mol. The van der Waals surface area contributed by atoms with Crippen LogP contribution in [0.4, 0.5) is 0 Å². The lowest BCUT2D eigenvalue weighted by molar-refractivity contribution is 0.0809. The van der Waals surface area contributed by atoms with Gasteiger partial charge in [-0.1, -0.05) is 29.6 Å². The Kier molecular flexibility index (Phi) is 7.19. The van der Waals surface area contributed by atoms with E-state index in [1.54, 1.807) is 25.4 Å². The van der Waals surface area contributed by atoms with Gasteiger partial charge in [0.1, 0.15) is 17.3 Å². The van der Waals surface area contributed by atoms with E-state index in [1.165, 1.54) is 19.3 Å². The molecule has 174 valence electrons. The van der Waals surface area contributed by atoms with Crippen molar-refractivity contribution in [3.63, 3.8) is 0 Å². The van der Waals surface area contributed by atoms with Crippen LogP contribution in [0.2, 0.25) is 10.0 Å². The average Bonchev–Trinajstić information content (AvgIpc) is 3.49. The van der Waals surface area contributed by atoms with Crippen molar-refractivity contribution >= 4 is 41.5 Å². The number of hydrazine groups is 1. The van der Waals surface area contributed by atoms with E-state index in [4.69, 9.17) is 27.9 Å². The largest absolute Gasteiger partial charge is 0.497 e.